The normalized spacial score (nSPS) is 18.1. The quantitative estimate of drug-likeness (QED) is 0.795. The number of nitrogens with zero attached hydrogens (tertiary/aromatic N) is 2. The van der Waals surface area contributed by atoms with Crippen molar-refractivity contribution in [2.45, 2.75) is 18.9 Å². The number of amides is 1. The third kappa shape index (κ3) is 2.98. The Balaban J connectivity index is 1.70. The zero-order valence-corrected chi connectivity index (χ0v) is 12.8. The lowest BCUT2D eigenvalue weighted by Gasteiger charge is -2.03. The van der Waals surface area contributed by atoms with Crippen LogP contribution < -0.4 is 10.6 Å². The van der Waals surface area contributed by atoms with Crippen LogP contribution in [0.15, 0.2) is 28.7 Å². The van der Waals surface area contributed by atoms with Gasteiger partial charge in [0.25, 0.3) is 5.91 Å². The van der Waals surface area contributed by atoms with Gasteiger partial charge in [0.15, 0.2) is 0 Å². The molecule has 0 saturated carbocycles. The predicted octanol–water partition coefficient (Wildman–Crippen LogP) is 2.35. The van der Waals surface area contributed by atoms with Crippen molar-refractivity contribution in [3.8, 4) is 0 Å². The van der Waals surface area contributed by atoms with E-state index >= 15 is 0 Å². The van der Waals surface area contributed by atoms with E-state index in [1.54, 1.807) is 12.1 Å². The predicted molar refractivity (Wildman–Crippen MR) is 81.4 cm³/mol. The highest BCUT2D eigenvalue weighted by Gasteiger charge is 2.22. The average molecular weight is 384 g/mol. The highest BCUT2D eigenvalue weighted by atomic mass is 127. The van der Waals surface area contributed by atoms with Crippen LogP contribution in [-0.4, -0.2) is 22.6 Å². The summed E-state index contributed by atoms with van der Waals surface area (Å²) in [4.78, 5) is 12.0. The minimum absolute atomic E-state index is 0.103. The minimum Gasteiger partial charge on any atom is -0.406 e. The fourth-order valence-electron chi connectivity index (χ4n) is 2.12. The third-order valence-electron chi connectivity index (χ3n) is 3.11. The molecule has 1 aliphatic rings. The molecule has 104 valence electrons. The van der Waals surface area contributed by atoms with Gasteiger partial charge in [0.1, 0.15) is 0 Å². The Morgan fingerprint density at radius 3 is 3.10 bits per heavy atom. The van der Waals surface area contributed by atoms with Gasteiger partial charge in [-0.2, -0.15) is 0 Å². The highest BCUT2D eigenvalue weighted by Crippen LogP contribution is 2.23. The standard InChI is InChI=1S/C13H13IN4O2/c14-9-4-1-3-8(7-9)11(19)16-13-18-17-12(20-13)10-5-2-6-15-10/h1,3-4,7,10,15H,2,5-6H2,(H,16,18,19). The molecule has 2 N–H and O–H groups in total. The lowest BCUT2D eigenvalue weighted by Crippen LogP contribution is -2.13. The first kappa shape index (κ1) is 13.5. The SMILES string of the molecule is O=C(Nc1nnc(C2CCCN2)o1)c1cccc(I)c1. The van der Waals surface area contributed by atoms with Crippen LogP contribution >= 0.6 is 22.6 Å². The number of nitrogens with one attached hydrogen (secondary N) is 2. The first-order valence-corrected chi connectivity index (χ1v) is 7.44. The Kier molecular flexibility index (Phi) is 3.97. The Morgan fingerprint density at radius 1 is 1.45 bits per heavy atom. The number of aromatic nitrogens is 2. The molecule has 0 aliphatic carbocycles. The van der Waals surface area contributed by atoms with Crippen LogP contribution in [0.2, 0.25) is 0 Å². The number of hydrogen-bond acceptors (Lipinski definition) is 5. The Labute approximate surface area is 129 Å². The van der Waals surface area contributed by atoms with E-state index in [1.165, 1.54) is 0 Å². The summed E-state index contributed by atoms with van der Waals surface area (Å²) in [5.41, 5.74) is 0.565. The van der Waals surface area contributed by atoms with E-state index in [0.29, 0.717) is 11.5 Å². The van der Waals surface area contributed by atoms with Crippen molar-refractivity contribution in [2.24, 2.45) is 0 Å². The molecule has 20 heavy (non-hydrogen) atoms. The average Bonchev–Trinajstić information content (AvgIpc) is 3.08. The fraction of sp³-hybridized carbons (Fsp3) is 0.308. The molecule has 2 heterocycles. The second kappa shape index (κ2) is 5.88. The summed E-state index contributed by atoms with van der Waals surface area (Å²) in [6.45, 7) is 0.956. The largest absolute Gasteiger partial charge is 0.406 e. The molecule has 0 radical (unpaired) electrons. The van der Waals surface area contributed by atoms with Crippen LogP contribution in [0.1, 0.15) is 35.1 Å². The smallest absolute Gasteiger partial charge is 0.322 e. The maximum absolute atomic E-state index is 12.0. The number of benzene rings is 1. The molecule has 0 bridgehead atoms. The third-order valence-corrected chi connectivity index (χ3v) is 3.78. The summed E-state index contributed by atoms with van der Waals surface area (Å²) in [5, 5.41) is 13.7. The Morgan fingerprint density at radius 2 is 2.35 bits per heavy atom. The van der Waals surface area contributed by atoms with Gasteiger partial charge in [0.2, 0.25) is 5.89 Å². The van der Waals surface area contributed by atoms with Crippen LogP contribution in [0, 0.1) is 3.57 Å². The number of carbonyl (C=O) groups is 1. The van der Waals surface area contributed by atoms with Crippen molar-refractivity contribution in [1.82, 2.24) is 15.5 Å². The molecule has 7 heteroatoms. The number of anilines is 1. The van der Waals surface area contributed by atoms with E-state index in [0.717, 1.165) is 23.0 Å². The second-order valence-corrected chi connectivity index (χ2v) is 5.80. The molecule has 3 rings (SSSR count). The van der Waals surface area contributed by atoms with Crippen molar-refractivity contribution in [1.29, 1.82) is 0 Å². The van der Waals surface area contributed by atoms with Gasteiger partial charge in [0.05, 0.1) is 6.04 Å². The monoisotopic (exact) mass is 384 g/mol. The van der Waals surface area contributed by atoms with Gasteiger partial charge in [-0.15, -0.1) is 5.10 Å². The van der Waals surface area contributed by atoms with E-state index in [-0.39, 0.29) is 18.0 Å². The number of halogens is 1. The van der Waals surface area contributed by atoms with Crippen LogP contribution in [0.5, 0.6) is 0 Å². The maximum atomic E-state index is 12.0. The molecule has 1 saturated heterocycles. The first-order valence-electron chi connectivity index (χ1n) is 6.36. The molecule has 1 unspecified atom stereocenters. The van der Waals surface area contributed by atoms with E-state index < -0.39 is 0 Å². The molecular weight excluding hydrogens is 371 g/mol. The van der Waals surface area contributed by atoms with Gasteiger partial charge in [0, 0.05) is 9.13 Å². The molecule has 0 spiro atoms. The number of hydrogen-bond donors (Lipinski definition) is 2. The molecule has 1 aromatic heterocycles. The van der Waals surface area contributed by atoms with Crippen molar-refractivity contribution >= 4 is 34.5 Å². The lowest BCUT2D eigenvalue weighted by atomic mass is 10.2. The van der Waals surface area contributed by atoms with Crippen molar-refractivity contribution in [3.05, 3.63) is 39.3 Å². The van der Waals surface area contributed by atoms with Gasteiger partial charge in [-0.05, 0) is 60.2 Å². The Bertz CT molecular complexity index is 622. The van der Waals surface area contributed by atoms with Crippen LogP contribution in [0.25, 0.3) is 0 Å². The van der Waals surface area contributed by atoms with Gasteiger partial charge in [-0.1, -0.05) is 11.2 Å². The summed E-state index contributed by atoms with van der Waals surface area (Å²) < 4.78 is 6.47. The topological polar surface area (TPSA) is 80.0 Å². The second-order valence-electron chi connectivity index (χ2n) is 4.56. The fourth-order valence-corrected chi connectivity index (χ4v) is 2.66. The van der Waals surface area contributed by atoms with Crippen molar-refractivity contribution in [2.75, 3.05) is 11.9 Å². The van der Waals surface area contributed by atoms with Gasteiger partial charge in [-0.3, -0.25) is 10.1 Å². The molecular formula is C13H13IN4O2. The first-order chi connectivity index (χ1) is 9.72. The lowest BCUT2D eigenvalue weighted by molar-refractivity contribution is 0.102. The van der Waals surface area contributed by atoms with Gasteiger partial charge in [-0.25, -0.2) is 0 Å². The van der Waals surface area contributed by atoms with Crippen LogP contribution in [0.3, 0.4) is 0 Å². The summed E-state index contributed by atoms with van der Waals surface area (Å²) in [5.74, 6) is 0.276. The maximum Gasteiger partial charge on any atom is 0.322 e. The number of carbonyl (C=O) groups excluding carboxylic acids is 1. The van der Waals surface area contributed by atoms with Crippen LogP contribution in [0.4, 0.5) is 6.01 Å². The van der Waals surface area contributed by atoms with Gasteiger partial charge >= 0.3 is 6.01 Å². The summed E-state index contributed by atoms with van der Waals surface area (Å²) in [7, 11) is 0. The Hall–Kier alpha value is -1.48. The minimum atomic E-state index is -0.252. The van der Waals surface area contributed by atoms with Crippen LogP contribution in [-0.2, 0) is 0 Å². The molecule has 1 amide bonds. The molecule has 1 fully saturated rings. The zero-order chi connectivity index (χ0) is 13.9. The van der Waals surface area contributed by atoms with E-state index in [4.69, 9.17) is 4.42 Å². The molecule has 1 atom stereocenters. The van der Waals surface area contributed by atoms with E-state index in [2.05, 4.69) is 43.4 Å². The zero-order valence-electron chi connectivity index (χ0n) is 10.6. The molecule has 2 aromatic rings. The summed E-state index contributed by atoms with van der Waals surface area (Å²) >= 11 is 2.16. The van der Waals surface area contributed by atoms with E-state index in [9.17, 15) is 4.79 Å². The molecule has 1 aromatic carbocycles. The molecule has 6 nitrogen and oxygen atoms in total. The number of rotatable bonds is 3. The summed E-state index contributed by atoms with van der Waals surface area (Å²) in [6.07, 6.45) is 2.07. The van der Waals surface area contributed by atoms with Gasteiger partial charge < -0.3 is 9.73 Å². The summed E-state index contributed by atoms with van der Waals surface area (Å²) in [6, 6.07) is 7.54. The highest BCUT2D eigenvalue weighted by molar-refractivity contribution is 14.1. The molecule has 1 aliphatic heterocycles. The van der Waals surface area contributed by atoms with Crippen molar-refractivity contribution < 1.29 is 9.21 Å². The van der Waals surface area contributed by atoms with E-state index in [1.807, 2.05) is 12.1 Å². The van der Waals surface area contributed by atoms with Crippen molar-refractivity contribution in [3.63, 3.8) is 0 Å².